The van der Waals surface area contributed by atoms with Gasteiger partial charge in [-0.15, -0.1) is 0 Å². The Balaban J connectivity index is 2.50. The molecule has 0 bridgehead atoms. The Morgan fingerprint density at radius 2 is 1.95 bits per heavy atom. The van der Waals surface area contributed by atoms with Crippen LogP contribution in [-0.4, -0.2) is 23.1 Å². The van der Waals surface area contributed by atoms with Gasteiger partial charge in [0.05, 0.1) is 5.69 Å². The van der Waals surface area contributed by atoms with Crippen molar-refractivity contribution < 1.29 is 9.90 Å². The number of nitrogens with zero attached hydrogens (tertiary/aromatic N) is 2. The summed E-state index contributed by atoms with van der Waals surface area (Å²) in [6.07, 6.45) is 2.97. The molecule has 1 N–H and O–H groups in total. The second-order valence-electron chi connectivity index (χ2n) is 4.55. The van der Waals surface area contributed by atoms with Crippen molar-refractivity contribution in [2.45, 2.75) is 13.8 Å². The van der Waals surface area contributed by atoms with E-state index in [4.69, 9.17) is 0 Å². The number of hydrogen-bond acceptors (Lipinski definition) is 3. The monoisotopic (exact) mass is 256 g/mol. The summed E-state index contributed by atoms with van der Waals surface area (Å²) >= 11 is 0. The van der Waals surface area contributed by atoms with Crippen LogP contribution in [0.3, 0.4) is 0 Å². The largest absolute Gasteiger partial charge is 0.478 e. The van der Waals surface area contributed by atoms with E-state index < -0.39 is 5.97 Å². The first-order valence-electron chi connectivity index (χ1n) is 5.99. The van der Waals surface area contributed by atoms with Gasteiger partial charge in [-0.2, -0.15) is 0 Å². The molecule has 1 heterocycles. The van der Waals surface area contributed by atoms with Gasteiger partial charge in [-0.25, -0.2) is 4.79 Å². The Morgan fingerprint density at radius 3 is 2.58 bits per heavy atom. The van der Waals surface area contributed by atoms with E-state index in [0.717, 1.165) is 11.3 Å². The molecule has 0 aliphatic heterocycles. The molecular weight excluding hydrogens is 240 g/mol. The Bertz CT molecular complexity index is 623. The summed E-state index contributed by atoms with van der Waals surface area (Å²) in [5, 5.41) is 9.21. The van der Waals surface area contributed by atoms with Gasteiger partial charge in [0.2, 0.25) is 0 Å². The van der Waals surface area contributed by atoms with Gasteiger partial charge in [0.25, 0.3) is 0 Å². The van der Waals surface area contributed by atoms with E-state index in [2.05, 4.69) is 11.1 Å². The third-order valence-electron chi connectivity index (χ3n) is 3.10. The maximum atomic E-state index is 11.2. The fraction of sp³-hybridized carbons (Fsp3) is 0.200. The molecule has 4 heteroatoms. The zero-order chi connectivity index (χ0) is 14.0. The number of carboxylic acid groups (broad SMARTS) is 1. The number of aromatic nitrogens is 1. The highest BCUT2D eigenvalue weighted by atomic mass is 16.4. The molecular formula is C15H16N2O2. The van der Waals surface area contributed by atoms with Crippen LogP contribution in [0.5, 0.6) is 0 Å². The van der Waals surface area contributed by atoms with Gasteiger partial charge < -0.3 is 10.0 Å². The molecule has 2 aromatic rings. The first kappa shape index (κ1) is 13.1. The van der Waals surface area contributed by atoms with Crippen LogP contribution in [0, 0.1) is 13.8 Å². The van der Waals surface area contributed by atoms with E-state index in [1.54, 1.807) is 12.3 Å². The summed E-state index contributed by atoms with van der Waals surface area (Å²) in [6.45, 7) is 4.05. The second-order valence-corrected chi connectivity index (χ2v) is 4.55. The van der Waals surface area contributed by atoms with Crippen LogP contribution in [0.1, 0.15) is 21.5 Å². The minimum Gasteiger partial charge on any atom is -0.478 e. The van der Waals surface area contributed by atoms with Crippen LogP contribution in [0.25, 0.3) is 0 Å². The predicted octanol–water partition coefficient (Wildman–Crippen LogP) is 3.16. The Kier molecular flexibility index (Phi) is 3.51. The summed E-state index contributed by atoms with van der Waals surface area (Å²) in [5.74, 6) is -0.972. The zero-order valence-corrected chi connectivity index (χ0v) is 11.2. The maximum Gasteiger partial charge on any atom is 0.339 e. The molecule has 0 spiro atoms. The summed E-state index contributed by atoms with van der Waals surface area (Å²) in [4.78, 5) is 17.0. The Morgan fingerprint density at radius 1 is 1.21 bits per heavy atom. The topological polar surface area (TPSA) is 53.4 Å². The molecule has 98 valence electrons. The molecule has 0 atom stereocenters. The number of aromatic carboxylic acids is 1. The molecule has 0 unspecified atom stereocenters. The summed E-state index contributed by atoms with van der Waals surface area (Å²) < 4.78 is 0. The van der Waals surface area contributed by atoms with Gasteiger partial charge in [-0.05, 0) is 31.5 Å². The lowest BCUT2D eigenvalue weighted by molar-refractivity contribution is 0.0697. The lowest BCUT2D eigenvalue weighted by Gasteiger charge is -2.23. The van der Waals surface area contributed by atoms with Gasteiger partial charge in [0.15, 0.2) is 0 Å². The highest BCUT2D eigenvalue weighted by Gasteiger charge is 2.15. The third-order valence-corrected chi connectivity index (χ3v) is 3.10. The molecule has 2 rings (SSSR count). The average molecular weight is 256 g/mol. The van der Waals surface area contributed by atoms with Crippen LogP contribution < -0.4 is 4.90 Å². The predicted molar refractivity (Wildman–Crippen MR) is 75.2 cm³/mol. The van der Waals surface area contributed by atoms with Gasteiger partial charge in [-0.3, -0.25) is 4.98 Å². The van der Waals surface area contributed by atoms with Crippen LogP contribution in [0.4, 0.5) is 11.4 Å². The van der Waals surface area contributed by atoms with Crippen molar-refractivity contribution in [3.63, 3.8) is 0 Å². The number of pyridine rings is 1. The second kappa shape index (κ2) is 5.10. The molecule has 4 nitrogen and oxygen atoms in total. The molecule has 0 aliphatic carbocycles. The van der Waals surface area contributed by atoms with Crippen molar-refractivity contribution in [2.75, 3.05) is 11.9 Å². The Hall–Kier alpha value is -2.36. The molecule has 0 radical (unpaired) electrons. The molecule has 19 heavy (non-hydrogen) atoms. The van der Waals surface area contributed by atoms with Crippen molar-refractivity contribution in [3.8, 4) is 0 Å². The molecule has 0 aliphatic rings. The number of rotatable bonds is 3. The first-order chi connectivity index (χ1) is 9.00. The number of anilines is 2. The molecule has 0 fully saturated rings. The van der Waals surface area contributed by atoms with E-state index in [1.165, 1.54) is 11.8 Å². The number of carboxylic acids is 1. The van der Waals surface area contributed by atoms with E-state index in [-0.39, 0.29) is 5.56 Å². The van der Waals surface area contributed by atoms with Gasteiger partial charge in [0, 0.05) is 25.1 Å². The van der Waals surface area contributed by atoms with E-state index in [0.29, 0.717) is 5.69 Å². The average Bonchev–Trinajstić information content (AvgIpc) is 2.38. The normalized spacial score (nSPS) is 10.3. The minimum atomic E-state index is -0.972. The molecule has 1 aromatic heterocycles. The molecule has 0 saturated carbocycles. The van der Waals surface area contributed by atoms with Crippen molar-refractivity contribution >= 4 is 17.3 Å². The minimum absolute atomic E-state index is 0.199. The van der Waals surface area contributed by atoms with Gasteiger partial charge in [0.1, 0.15) is 5.56 Å². The molecule has 0 saturated heterocycles. The quantitative estimate of drug-likeness (QED) is 0.916. The summed E-state index contributed by atoms with van der Waals surface area (Å²) in [6, 6.07) is 7.80. The fourth-order valence-electron chi connectivity index (χ4n) is 2.16. The van der Waals surface area contributed by atoms with E-state index in [1.807, 2.05) is 37.9 Å². The molecule has 1 aromatic carbocycles. The highest BCUT2D eigenvalue weighted by molar-refractivity contribution is 5.95. The SMILES string of the molecule is Cc1ccc(N(C)c2ccncc2C(=O)O)c(C)c1. The van der Waals surface area contributed by atoms with Gasteiger partial charge >= 0.3 is 5.97 Å². The third kappa shape index (κ3) is 2.57. The fourth-order valence-corrected chi connectivity index (χ4v) is 2.16. The summed E-state index contributed by atoms with van der Waals surface area (Å²) in [7, 11) is 1.86. The van der Waals surface area contributed by atoms with Crippen LogP contribution >= 0.6 is 0 Å². The highest BCUT2D eigenvalue weighted by Crippen LogP contribution is 2.29. The standard InChI is InChI=1S/C15H16N2O2/c1-10-4-5-13(11(2)8-10)17(3)14-6-7-16-9-12(14)15(18)19/h4-9H,1-3H3,(H,18,19). The number of hydrogen-bond donors (Lipinski definition) is 1. The van der Waals surface area contributed by atoms with Crippen molar-refractivity contribution in [1.82, 2.24) is 4.98 Å². The lowest BCUT2D eigenvalue weighted by Crippen LogP contribution is -2.15. The van der Waals surface area contributed by atoms with Crippen molar-refractivity contribution in [1.29, 1.82) is 0 Å². The number of aryl methyl sites for hydroxylation is 2. The van der Waals surface area contributed by atoms with E-state index >= 15 is 0 Å². The number of benzene rings is 1. The van der Waals surface area contributed by atoms with Crippen LogP contribution in [-0.2, 0) is 0 Å². The number of carbonyl (C=O) groups is 1. The van der Waals surface area contributed by atoms with E-state index in [9.17, 15) is 9.90 Å². The zero-order valence-electron chi connectivity index (χ0n) is 11.2. The Labute approximate surface area is 112 Å². The smallest absolute Gasteiger partial charge is 0.339 e. The first-order valence-corrected chi connectivity index (χ1v) is 5.99. The molecule has 0 amide bonds. The van der Waals surface area contributed by atoms with Crippen molar-refractivity contribution in [2.24, 2.45) is 0 Å². The van der Waals surface area contributed by atoms with Crippen molar-refractivity contribution in [3.05, 3.63) is 53.3 Å². The van der Waals surface area contributed by atoms with Gasteiger partial charge in [-0.1, -0.05) is 17.7 Å². The van der Waals surface area contributed by atoms with Crippen LogP contribution in [0.2, 0.25) is 0 Å². The maximum absolute atomic E-state index is 11.2. The lowest BCUT2D eigenvalue weighted by atomic mass is 10.1. The summed E-state index contributed by atoms with van der Waals surface area (Å²) in [5.41, 5.74) is 4.11. The van der Waals surface area contributed by atoms with Crippen LogP contribution in [0.15, 0.2) is 36.7 Å².